The Hall–Kier alpha value is -1.42. The quantitative estimate of drug-likeness (QED) is 0.924. The first kappa shape index (κ1) is 15.0. The minimum absolute atomic E-state index is 0.116. The van der Waals surface area contributed by atoms with E-state index >= 15 is 0 Å². The zero-order chi connectivity index (χ0) is 14.7. The van der Waals surface area contributed by atoms with Gasteiger partial charge in [0, 0.05) is 18.7 Å². The Labute approximate surface area is 120 Å². The van der Waals surface area contributed by atoms with Crippen LogP contribution < -0.4 is 5.73 Å². The van der Waals surface area contributed by atoms with Gasteiger partial charge in [-0.2, -0.15) is 0 Å². The lowest BCUT2D eigenvalue weighted by molar-refractivity contribution is 0.0620. The second-order valence-electron chi connectivity index (χ2n) is 5.73. The summed E-state index contributed by atoms with van der Waals surface area (Å²) in [4.78, 5) is 14.2. The lowest BCUT2D eigenvalue weighted by atomic mass is 9.83. The van der Waals surface area contributed by atoms with Gasteiger partial charge in [0.15, 0.2) is 0 Å². The molecule has 0 saturated heterocycles. The molecule has 2 rings (SSSR count). The van der Waals surface area contributed by atoms with Crippen LogP contribution in [0.3, 0.4) is 0 Å². The number of carbonyl (C=O) groups is 1. The number of nitrogens with zero attached hydrogens (tertiary/aromatic N) is 1. The summed E-state index contributed by atoms with van der Waals surface area (Å²) < 4.78 is 13.6. The van der Waals surface area contributed by atoms with E-state index in [-0.39, 0.29) is 17.8 Å². The van der Waals surface area contributed by atoms with Gasteiger partial charge in [0.2, 0.25) is 0 Å². The van der Waals surface area contributed by atoms with Gasteiger partial charge in [-0.3, -0.25) is 4.79 Å². The third-order valence-corrected chi connectivity index (χ3v) is 4.41. The Morgan fingerprint density at radius 2 is 2.10 bits per heavy atom. The molecule has 0 aliphatic heterocycles. The molecule has 1 aromatic carbocycles. The summed E-state index contributed by atoms with van der Waals surface area (Å²) in [6.45, 7) is 2.30. The molecule has 1 amide bonds. The molecule has 20 heavy (non-hydrogen) atoms. The molecular weight excluding hydrogens is 255 g/mol. The third kappa shape index (κ3) is 3.01. The van der Waals surface area contributed by atoms with E-state index in [9.17, 15) is 9.18 Å². The van der Waals surface area contributed by atoms with Crippen molar-refractivity contribution < 1.29 is 9.18 Å². The Kier molecular flexibility index (Phi) is 4.76. The molecule has 0 heterocycles. The van der Waals surface area contributed by atoms with Crippen molar-refractivity contribution in [1.29, 1.82) is 0 Å². The molecule has 0 aromatic heterocycles. The van der Waals surface area contributed by atoms with Crippen molar-refractivity contribution in [3.8, 4) is 0 Å². The standard InChI is InChI=1S/C16H23FN2O/c1-11-7-8-12(9-14(11)17)16(20)19(2)15-6-4-3-5-13(15)10-18/h7-9,13,15H,3-6,10,18H2,1-2H3. The first-order valence-electron chi connectivity index (χ1n) is 7.28. The Morgan fingerprint density at radius 1 is 1.40 bits per heavy atom. The average molecular weight is 278 g/mol. The summed E-state index contributed by atoms with van der Waals surface area (Å²) in [5.41, 5.74) is 6.79. The molecule has 1 saturated carbocycles. The first-order chi connectivity index (χ1) is 9.54. The van der Waals surface area contributed by atoms with Gasteiger partial charge in [0.25, 0.3) is 5.91 Å². The van der Waals surface area contributed by atoms with Crippen molar-refractivity contribution in [3.63, 3.8) is 0 Å². The zero-order valence-electron chi connectivity index (χ0n) is 12.2. The van der Waals surface area contributed by atoms with Crippen molar-refractivity contribution in [1.82, 2.24) is 4.90 Å². The fourth-order valence-electron chi connectivity index (χ4n) is 3.05. The predicted octanol–water partition coefficient (Wildman–Crippen LogP) is 2.72. The highest BCUT2D eigenvalue weighted by Gasteiger charge is 2.30. The number of aryl methyl sites for hydroxylation is 1. The second-order valence-corrected chi connectivity index (χ2v) is 5.73. The van der Waals surface area contributed by atoms with Crippen LogP contribution in [-0.4, -0.2) is 30.4 Å². The molecule has 0 radical (unpaired) electrons. The van der Waals surface area contributed by atoms with Crippen LogP contribution in [0, 0.1) is 18.7 Å². The van der Waals surface area contributed by atoms with E-state index < -0.39 is 0 Å². The average Bonchev–Trinajstić information content (AvgIpc) is 2.48. The SMILES string of the molecule is Cc1ccc(C(=O)N(C)C2CCCCC2CN)cc1F. The van der Waals surface area contributed by atoms with Crippen LogP contribution in [0.5, 0.6) is 0 Å². The molecule has 1 aliphatic carbocycles. The van der Waals surface area contributed by atoms with Gasteiger partial charge in [-0.25, -0.2) is 4.39 Å². The number of amides is 1. The summed E-state index contributed by atoms with van der Waals surface area (Å²) in [5.74, 6) is -0.0921. The fourth-order valence-corrected chi connectivity index (χ4v) is 3.05. The maximum Gasteiger partial charge on any atom is 0.253 e. The topological polar surface area (TPSA) is 46.3 Å². The van der Waals surface area contributed by atoms with Gasteiger partial charge in [-0.1, -0.05) is 18.9 Å². The van der Waals surface area contributed by atoms with E-state index in [1.807, 2.05) is 0 Å². The van der Waals surface area contributed by atoms with E-state index in [0.717, 1.165) is 19.3 Å². The van der Waals surface area contributed by atoms with Crippen LogP contribution >= 0.6 is 0 Å². The van der Waals surface area contributed by atoms with Gasteiger partial charge < -0.3 is 10.6 Å². The second kappa shape index (κ2) is 6.35. The van der Waals surface area contributed by atoms with Crippen molar-refractivity contribution in [2.45, 2.75) is 38.6 Å². The van der Waals surface area contributed by atoms with E-state index in [1.165, 1.54) is 12.5 Å². The largest absolute Gasteiger partial charge is 0.338 e. The van der Waals surface area contributed by atoms with Crippen molar-refractivity contribution in [3.05, 3.63) is 35.1 Å². The number of rotatable bonds is 3. The van der Waals surface area contributed by atoms with Crippen LogP contribution in [0.4, 0.5) is 4.39 Å². The number of carbonyl (C=O) groups excluding carboxylic acids is 1. The molecule has 0 spiro atoms. The monoisotopic (exact) mass is 278 g/mol. The van der Waals surface area contributed by atoms with Gasteiger partial charge in [-0.15, -0.1) is 0 Å². The van der Waals surface area contributed by atoms with Crippen molar-refractivity contribution in [2.75, 3.05) is 13.6 Å². The lowest BCUT2D eigenvalue weighted by Crippen LogP contribution is -2.45. The normalized spacial score (nSPS) is 22.6. The maximum absolute atomic E-state index is 13.6. The van der Waals surface area contributed by atoms with E-state index in [0.29, 0.717) is 23.6 Å². The number of hydrogen-bond acceptors (Lipinski definition) is 2. The molecule has 2 unspecified atom stereocenters. The molecule has 1 aromatic rings. The van der Waals surface area contributed by atoms with E-state index in [2.05, 4.69) is 0 Å². The highest BCUT2D eigenvalue weighted by molar-refractivity contribution is 5.94. The number of hydrogen-bond donors (Lipinski definition) is 1. The van der Waals surface area contributed by atoms with E-state index in [4.69, 9.17) is 5.73 Å². The summed E-state index contributed by atoms with van der Waals surface area (Å²) in [6.07, 6.45) is 4.36. The number of halogens is 1. The first-order valence-corrected chi connectivity index (χ1v) is 7.28. The van der Waals surface area contributed by atoms with Gasteiger partial charge in [0.05, 0.1) is 0 Å². The zero-order valence-corrected chi connectivity index (χ0v) is 12.2. The number of benzene rings is 1. The van der Waals surface area contributed by atoms with Crippen LogP contribution in [0.1, 0.15) is 41.6 Å². The summed E-state index contributed by atoms with van der Waals surface area (Å²) >= 11 is 0. The van der Waals surface area contributed by atoms with Gasteiger partial charge in [0.1, 0.15) is 5.82 Å². The summed E-state index contributed by atoms with van der Waals surface area (Å²) in [5, 5.41) is 0. The summed E-state index contributed by atoms with van der Waals surface area (Å²) in [7, 11) is 1.80. The molecule has 0 bridgehead atoms. The van der Waals surface area contributed by atoms with Gasteiger partial charge >= 0.3 is 0 Å². The Bertz CT molecular complexity index is 489. The van der Waals surface area contributed by atoms with Crippen LogP contribution in [0.2, 0.25) is 0 Å². The molecule has 4 heteroatoms. The highest BCUT2D eigenvalue weighted by atomic mass is 19.1. The smallest absolute Gasteiger partial charge is 0.253 e. The molecule has 110 valence electrons. The van der Waals surface area contributed by atoms with Crippen LogP contribution in [-0.2, 0) is 0 Å². The predicted molar refractivity (Wildman–Crippen MR) is 78.0 cm³/mol. The van der Waals surface area contributed by atoms with E-state index in [1.54, 1.807) is 31.0 Å². The fraction of sp³-hybridized carbons (Fsp3) is 0.562. The Balaban J connectivity index is 2.16. The third-order valence-electron chi connectivity index (χ3n) is 4.41. The summed E-state index contributed by atoms with van der Waals surface area (Å²) in [6, 6.07) is 4.84. The minimum atomic E-state index is -0.330. The van der Waals surface area contributed by atoms with Crippen molar-refractivity contribution in [2.24, 2.45) is 11.7 Å². The number of nitrogens with two attached hydrogens (primary N) is 1. The maximum atomic E-state index is 13.6. The van der Waals surface area contributed by atoms with Gasteiger partial charge in [-0.05, 0) is 49.9 Å². The molecule has 1 aliphatic rings. The van der Waals surface area contributed by atoms with Crippen molar-refractivity contribution >= 4 is 5.91 Å². The minimum Gasteiger partial charge on any atom is -0.338 e. The molecule has 2 atom stereocenters. The molecule has 3 nitrogen and oxygen atoms in total. The van der Waals surface area contributed by atoms with Crippen LogP contribution in [0.25, 0.3) is 0 Å². The molecular formula is C16H23FN2O. The van der Waals surface area contributed by atoms with Crippen LogP contribution in [0.15, 0.2) is 18.2 Å². The Morgan fingerprint density at radius 3 is 2.75 bits per heavy atom. The molecule has 2 N–H and O–H groups in total. The highest BCUT2D eigenvalue weighted by Crippen LogP contribution is 2.28. The lowest BCUT2D eigenvalue weighted by Gasteiger charge is -2.37. The molecule has 1 fully saturated rings.